The van der Waals surface area contributed by atoms with Crippen LogP contribution in [0.25, 0.3) is 0 Å². The number of unbranched alkanes of at least 4 members (excludes halogenated alkanes) is 29. The third-order valence-corrected chi connectivity index (χ3v) is 13.8. The molecule has 0 aromatic carbocycles. The zero-order chi connectivity index (χ0) is 49.6. The first-order valence-corrected chi connectivity index (χ1v) is 30.0. The number of aliphatic hydroxyl groups excluding tert-OH is 1. The zero-order valence-corrected chi connectivity index (χ0v) is 45.9. The Morgan fingerprint density at radius 2 is 0.618 bits per heavy atom. The molecule has 0 radical (unpaired) electrons. The number of carbonyl (C=O) groups is 3. The molecule has 9 heteroatoms. The molecule has 0 aliphatic rings. The van der Waals surface area contributed by atoms with Gasteiger partial charge in [0, 0.05) is 25.8 Å². The summed E-state index contributed by atoms with van der Waals surface area (Å²) in [5.41, 5.74) is 0. The van der Waals surface area contributed by atoms with Gasteiger partial charge in [-0.1, -0.05) is 188 Å². The van der Waals surface area contributed by atoms with Gasteiger partial charge in [-0.2, -0.15) is 0 Å². The van der Waals surface area contributed by atoms with Gasteiger partial charge in [0.05, 0.1) is 19.8 Å². The first-order valence-electron chi connectivity index (χ1n) is 30.0. The van der Waals surface area contributed by atoms with Crippen molar-refractivity contribution >= 4 is 17.9 Å². The highest BCUT2D eigenvalue weighted by atomic mass is 16.5. The molecule has 404 valence electrons. The maximum Gasteiger partial charge on any atom is 0.306 e. The van der Waals surface area contributed by atoms with Gasteiger partial charge in [0.2, 0.25) is 0 Å². The van der Waals surface area contributed by atoms with E-state index in [0.29, 0.717) is 39.0 Å². The first kappa shape index (κ1) is 66.3. The highest BCUT2D eigenvalue weighted by Crippen LogP contribution is 2.19. The van der Waals surface area contributed by atoms with E-state index in [0.717, 1.165) is 155 Å². The van der Waals surface area contributed by atoms with Crippen LogP contribution in [-0.2, 0) is 28.6 Å². The lowest BCUT2D eigenvalue weighted by Gasteiger charge is -2.24. The second-order valence-electron chi connectivity index (χ2n) is 20.5. The zero-order valence-electron chi connectivity index (χ0n) is 45.9. The SMILES string of the molecule is CCCCCCCCCOC(=O)CCCCCN(CCO)CCCCN(CCCCCC(=O)OCCCCCCCCC)CCCCCC(=O)OC(CCCCCCCC)CCCCCCCC. The van der Waals surface area contributed by atoms with Crippen molar-refractivity contribution < 1.29 is 33.7 Å². The number of rotatable bonds is 56. The van der Waals surface area contributed by atoms with Gasteiger partial charge in [0.15, 0.2) is 0 Å². The standard InChI is InChI=1S/C59H116N2O7/c1-5-9-13-17-21-25-40-54-66-57(63)44-32-27-35-47-60(48-36-29-34-46-59(65)68-56(42-30-23-19-15-11-7-3)43-31-24-20-16-12-8-4)50-38-39-51-61(52-53-62)49-37-28-33-45-58(64)67-55-41-26-22-18-14-10-6-2/h56,62H,5-55H2,1-4H3. The molecule has 0 unspecified atom stereocenters. The van der Waals surface area contributed by atoms with Crippen LogP contribution >= 0.6 is 0 Å². The minimum absolute atomic E-state index is 0.00576. The van der Waals surface area contributed by atoms with Crippen molar-refractivity contribution in [2.45, 2.75) is 303 Å². The van der Waals surface area contributed by atoms with Crippen molar-refractivity contribution in [2.24, 2.45) is 0 Å². The Labute approximate surface area is 422 Å². The van der Waals surface area contributed by atoms with Gasteiger partial charge >= 0.3 is 17.9 Å². The Kier molecular flexibility index (Phi) is 53.2. The maximum absolute atomic E-state index is 13.1. The first-order chi connectivity index (χ1) is 33.4. The van der Waals surface area contributed by atoms with Crippen LogP contribution < -0.4 is 0 Å². The quantitative estimate of drug-likeness (QED) is 0.0362. The molecular formula is C59H116N2O7. The highest BCUT2D eigenvalue weighted by Gasteiger charge is 2.15. The van der Waals surface area contributed by atoms with Crippen LogP contribution in [0.4, 0.5) is 0 Å². The average Bonchev–Trinajstić information content (AvgIpc) is 3.33. The molecule has 0 aromatic heterocycles. The highest BCUT2D eigenvalue weighted by molar-refractivity contribution is 5.70. The van der Waals surface area contributed by atoms with Crippen molar-refractivity contribution in [3.63, 3.8) is 0 Å². The van der Waals surface area contributed by atoms with Crippen molar-refractivity contribution in [1.82, 2.24) is 9.80 Å². The topological polar surface area (TPSA) is 106 Å². The van der Waals surface area contributed by atoms with Gasteiger partial charge in [-0.3, -0.25) is 14.4 Å². The molecule has 0 bridgehead atoms. The third kappa shape index (κ3) is 49.3. The molecule has 0 atom stereocenters. The van der Waals surface area contributed by atoms with Crippen LogP contribution in [0.5, 0.6) is 0 Å². The number of ether oxygens (including phenoxy) is 3. The Bertz CT molecular complexity index is 1040. The van der Waals surface area contributed by atoms with Gasteiger partial charge in [0.1, 0.15) is 6.10 Å². The van der Waals surface area contributed by atoms with E-state index in [1.54, 1.807) is 0 Å². The van der Waals surface area contributed by atoms with Crippen LogP contribution in [0, 0.1) is 0 Å². The Morgan fingerprint density at radius 1 is 0.338 bits per heavy atom. The van der Waals surface area contributed by atoms with E-state index in [1.165, 1.54) is 128 Å². The summed E-state index contributed by atoms with van der Waals surface area (Å²) in [4.78, 5) is 42.6. The minimum Gasteiger partial charge on any atom is -0.466 e. The molecule has 0 amide bonds. The van der Waals surface area contributed by atoms with E-state index < -0.39 is 0 Å². The summed E-state index contributed by atoms with van der Waals surface area (Å²) in [6.45, 7) is 16.0. The van der Waals surface area contributed by atoms with E-state index >= 15 is 0 Å². The fourth-order valence-corrected chi connectivity index (χ4v) is 9.27. The molecule has 0 spiro atoms. The molecule has 0 saturated heterocycles. The molecule has 0 aliphatic carbocycles. The number of hydrogen-bond donors (Lipinski definition) is 1. The van der Waals surface area contributed by atoms with Crippen LogP contribution in [0.2, 0.25) is 0 Å². The molecule has 1 N–H and O–H groups in total. The van der Waals surface area contributed by atoms with Crippen molar-refractivity contribution in [1.29, 1.82) is 0 Å². The van der Waals surface area contributed by atoms with Crippen LogP contribution in [-0.4, -0.2) is 98.0 Å². The van der Waals surface area contributed by atoms with Gasteiger partial charge in [-0.15, -0.1) is 0 Å². The molecule has 0 aliphatic heterocycles. The number of nitrogens with zero attached hydrogens (tertiary/aromatic N) is 2. The molecule has 0 aromatic rings. The third-order valence-electron chi connectivity index (χ3n) is 13.8. The molecule has 9 nitrogen and oxygen atoms in total. The van der Waals surface area contributed by atoms with Crippen molar-refractivity contribution in [3.05, 3.63) is 0 Å². The summed E-state index contributed by atoms with van der Waals surface area (Å²) >= 11 is 0. The Morgan fingerprint density at radius 3 is 0.971 bits per heavy atom. The smallest absolute Gasteiger partial charge is 0.306 e. The van der Waals surface area contributed by atoms with E-state index in [1.807, 2.05) is 0 Å². The van der Waals surface area contributed by atoms with Crippen LogP contribution in [0.3, 0.4) is 0 Å². The van der Waals surface area contributed by atoms with E-state index in [4.69, 9.17) is 14.2 Å². The summed E-state index contributed by atoms with van der Waals surface area (Å²) in [7, 11) is 0. The molecule has 68 heavy (non-hydrogen) atoms. The summed E-state index contributed by atoms with van der Waals surface area (Å²) < 4.78 is 17.1. The van der Waals surface area contributed by atoms with Gasteiger partial charge in [-0.25, -0.2) is 0 Å². The number of esters is 3. The number of hydrogen-bond acceptors (Lipinski definition) is 9. The number of aliphatic hydroxyl groups is 1. The second-order valence-corrected chi connectivity index (χ2v) is 20.5. The van der Waals surface area contributed by atoms with Gasteiger partial charge in [-0.05, 0) is 123 Å². The van der Waals surface area contributed by atoms with Gasteiger partial charge in [0.25, 0.3) is 0 Å². The molecular weight excluding hydrogens is 849 g/mol. The lowest BCUT2D eigenvalue weighted by Crippen LogP contribution is -2.31. The lowest BCUT2D eigenvalue weighted by atomic mass is 10.0. The normalized spacial score (nSPS) is 11.6. The van der Waals surface area contributed by atoms with E-state index in [2.05, 4.69) is 37.5 Å². The lowest BCUT2D eigenvalue weighted by molar-refractivity contribution is -0.150. The summed E-state index contributed by atoms with van der Waals surface area (Å²) in [5.74, 6) is -0.117. The summed E-state index contributed by atoms with van der Waals surface area (Å²) in [5, 5.41) is 9.79. The summed E-state index contributed by atoms with van der Waals surface area (Å²) in [6, 6.07) is 0. The van der Waals surface area contributed by atoms with E-state index in [9.17, 15) is 19.5 Å². The monoisotopic (exact) mass is 965 g/mol. The summed E-state index contributed by atoms with van der Waals surface area (Å²) in [6.07, 6.45) is 46.9. The molecule has 0 fully saturated rings. The number of carbonyl (C=O) groups excluding carboxylic acids is 3. The maximum atomic E-state index is 13.1. The molecule has 0 heterocycles. The van der Waals surface area contributed by atoms with Crippen molar-refractivity contribution in [2.75, 3.05) is 59.1 Å². The fraction of sp³-hybridized carbons (Fsp3) is 0.949. The minimum atomic E-state index is -0.0619. The average molecular weight is 966 g/mol. The van der Waals surface area contributed by atoms with Crippen LogP contribution in [0.15, 0.2) is 0 Å². The fourth-order valence-electron chi connectivity index (χ4n) is 9.27. The van der Waals surface area contributed by atoms with Crippen LogP contribution in [0.1, 0.15) is 297 Å². The predicted octanol–water partition coefficient (Wildman–Crippen LogP) is 16.0. The second kappa shape index (κ2) is 54.6. The molecule has 0 rings (SSSR count). The Hall–Kier alpha value is -1.71. The predicted molar refractivity (Wildman–Crippen MR) is 288 cm³/mol. The molecule has 0 saturated carbocycles. The Balaban J connectivity index is 4.82. The van der Waals surface area contributed by atoms with E-state index in [-0.39, 0.29) is 30.6 Å². The van der Waals surface area contributed by atoms with Gasteiger partial charge < -0.3 is 29.1 Å². The largest absolute Gasteiger partial charge is 0.466 e. The van der Waals surface area contributed by atoms with Crippen molar-refractivity contribution in [3.8, 4) is 0 Å².